The van der Waals surface area contributed by atoms with Crippen LogP contribution in [0, 0.1) is 0 Å². The zero-order valence-corrected chi connectivity index (χ0v) is 38.8. The highest BCUT2D eigenvalue weighted by Gasteiger charge is 2.12. The molecule has 0 spiro atoms. The Hall–Kier alpha value is -1.67. The first-order valence-corrected chi connectivity index (χ1v) is 25.1. The van der Waals surface area contributed by atoms with Crippen LogP contribution in [-0.2, 0) is 14.4 Å². The smallest absolute Gasteiger partial charge is 0.221 e. The van der Waals surface area contributed by atoms with Crippen molar-refractivity contribution in [3.8, 4) is 0 Å². The molecule has 0 aliphatic heterocycles. The number of rotatable bonds is 46. The van der Waals surface area contributed by atoms with Gasteiger partial charge in [-0.2, -0.15) is 0 Å². The molecule has 0 radical (unpaired) electrons. The minimum Gasteiger partial charge on any atom is -0.356 e. The van der Waals surface area contributed by atoms with Crippen LogP contribution in [0.3, 0.4) is 0 Å². The second-order valence-corrected chi connectivity index (χ2v) is 17.3. The normalized spacial score (nSPS) is 11.5. The van der Waals surface area contributed by atoms with E-state index in [1.165, 1.54) is 173 Å². The average molecular weight is 806 g/mol. The maximum absolute atomic E-state index is 12.7. The van der Waals surface area contributed by atoms with E-state index in [9.17, 15) is 14.4 Å². The molecule has 0 aliphatic rings. The predicted octanol–water partition coefficient (Wildman–Crippen LogP) is 11.9. The lowest BCUT2D eigenvalue weighted by Gasteiger charge is -2.24. The first kappa shape index (κ1) is 55.3. The van der Waals surface area contributed by atoms with Crippen LogP contribution >= 0.6 is 0 Å². The van der Waals surface area contributed by atoms with Gasteiger partial charge in [0.15, 0.2) is 0 Å². The second-order valence-electron chi connectivity index (χ2n) is 17.3. The van der Waals surface area contributed by atoms with Crippen molar-refractivity contribution in [2.45, 2.75) is 239 Å². The summed E-state index contributed by atoms with van der Waals surface area (Å²) in [4.78, 5) is 42.4. The van der Waals surface area contributed by atoms with Gasteiger partial charge in [-0.3, -0.25) is 14.4 Å². The van der Waals surface area contributed by atoms with Gasteiger partial charge in [-0.25, -0.2) is 0 Å². The number of amides is 3. The Morgan fingerprint density at radius 3 is 0.877 bits per heavy atom. The number of carbonyl (C=O) groups excluding carboxylic acids is 3. The standard InChI is InChI=1S/C49H99N5O3/c1-5-8-11-14-17-20-23-26-29-32-39-50-47(55)36-44-53(4)42-35-43-54(45-37-48(56)51-40-33-30-27-24-21-18-15-12-9-6-2)46-38-49(57)52-41-34-31-28-25-22-19-16-13-10-7-3/h5-46H2,1-4H3,(H,50,55)(H,51,56)(H,52,57). The summed E-state index contributed by atoms with van der Waals surface area (Å²) in [6.45, 7) is 12.9. The van der Waals surface area contributed by atoms with Crippen molar-refractivity contribution in [1.29, 1.82) is 0 Å². The molecule has 0 aromatic rings. The van der Waals surface area contributed by atoms with Gasteiger partial charge in [0.1, 0.15) is 0 Å². The molecular formula is C49H99N5O3. The number of nitrogens with one attached hydrogen (secondary N) is 3. The molecule has 0 atom stereocenters. The van der Waals surface area contributed by atoms with Crippen molar-refractivity contribution in [1.82, 2.24) is 25.8 Å². The molecule has 0 fully saturated rings. The van der Waals surface area contributed by atoms with Gasteiger partial charge in [0.2, 0.25) is 17.7 Å². The van der Waals surface area contributed by atoms with Gasteiger partial charge in [0.25, 0.3) is 0 Å². The quantitative estimate of drug-likeness (QED) is 0.0533. The molecule has 0 bridgehead atoms. The Balaban J connectivity index is 4.37. The van der Waals surface area contributed by atoms with E-state index in [0.717, 1.165) is 65.0 Å². The molecule has 0 heterocycles. The SMILES string of the molecule is CCCCCCCCCCCCNC(=O)CCN(C)CCCN(CCC(=O)NCCCCCCCCCCCC)CCC(=O)NCCCCCCCCCCCC. The summed E-state index contributed by atoms with van der Waals surface area (Å²) in [5.74, 6) is 0.372. The van der Waals surface area contributed by atoms with Gasteiger partial charge < -0.3 is 25.8 Å². The molecule has 0 unspecified atom stereocenters. The molecule has 57 heavy (non-hydrogen) atoms. The molecule has 3 N–H and O–H groups in total. The van der Waals surface area contributed by atoms with E-state index >= 15 is 0 Å². The lowest BCUT2D eigenvalue weighted by atomic mass is 10.1. The van der Waals surface area contributed by atoms with Gasteiger partial charge >= 0.3 is 0 Å². The summed E-state index contributed by atoms with van der Waals surface area (Å²) in [7, 11) is 2.09. The summed E-state index contributed by atoms with van der Waals surface area (Å²) in [6.07, 6.45) is 41.3. The average Bonchev–Trinajstić information content (AvgIpc) is 3.21. The Morgan fingerprint density at radius 2 is 0.579 bits per heavy atom. The van der Waals surface area contributed by atoms with Crippen LogP contribution in [-0.4, -0.2) is 86.9 Å². The number of unbranched alkanes of at least 4 members (excludes halogenated alkanes) is 27. The zero-order chi connectivity index (χ0) is 41.7. The molecule has 0 saturated heterocycles. The van der Waals surface area contributed by atoms with Gasteiger partial charge in [0.05, 0.1) is 0 Å². The lowest BCUT2D eigenvalue weighted by molar-refractivity contribution is -0.122. The minimum atomic E-state index is 0.113. The third-order valence-corrected chi connectivity index (χ3v) is 11.6. The molecule has 338 valence electrons. The van der Waals surface area contributed by atoms with E-state index in [2.05, 4.69) is 53.6 Å². The lowest BCUT2D eigenvalue weighted by Crippen LogP contribution is -2.36. The number of nitrogens with zero attached hydrogens (tertiary/aromatic N) is 2. The summed E-state index contributed by atoms with van der Waals surface area (Å²) in [6, 6.07) is 0. The fourth-order valence-electron chi connectivity index (χ4n) is 7.61. The predicted molar refractivity (Wildman–Crippen MR) is 247 cm³/mol. The Labute approximate surface area is 355 Å². The Morgan fingerprint density at radius 1 is 0.316 bits per heavy atom. The molecule has 8 nitrogen and oxygen atoms in total. The summed E-state index contributed by atoms with van der Waals surface area (Å²) in [5, 5.41) is 9.40. The van der Waals surface area contributed by atoms with E-state index < -0.39 is 0 Å². The highest BCUT2D eigenvalue weighted by atomic mass is 16.2. The van der Waals surface area contributed by atoms with E-state index in [1.807, 2.05) is 0 Å². The van der Waals surface area contributed by atoms with E-state index in [4.69, 9.17) is 0 Å². The van der Waals surface area contributed by atoms with Gasteiger partial charge in [0, 0.05) is 58.5 Å². The summed E-state index contributed by atoms with van der Waals surface area (Å²) >= 11 is 0. The molecule has 0 rings (SSSR count). The maximum atomic E-state index is 12.7. The molecule has 3 amide bonds. The van der Waals surface area contributed by atoms with Crippen molar-refractivity contribution in [3.63, 3.8) is 0 Å². The van der Waals surface area contributed by atoms with Crippen molar-refractivity contribution in [2.24, 2.45) is 0 Å². The van der Waals surface area contributed by atoms with Crippen LogP contribution in [0.5, 0.6) is 0 Å². The van der Waals surface area contributed by atoms with E-state index in [0.29, 0.717) is 32.4 Å². The maximum Gasteiger partial charge on any atom is 0.221 e. The molecule has 0 aliphatic carbocycles. The van der Waals surface area contributed by atoms with Crippen LogP contribution in [0.2, 0.25) is 0 Å². The number of hydrogen-bond acceptors (Lipinski definition) is 5. The summed E-state index contributed by atoms with van der Waals surface area (Å²) < 4.78 is 0. The fraction of sp³-hybridized carbons (Fsp3) is 0.939. The third-order valence-electron chi connectivity index (χ3n) is 11.6. The van der Waals surface area contributed by atoms with Crippen LogP contribution in [0.4, 0.5) is 0 Å². The zero-order valence-electron chi connectivity index (χ0n) is 38.8. The van der Waals surface area contributed by atoms with Gasteiger partial charge in [-0.15, -0.1) is 0 Å². The van der Waals surface area contributed by atoms with Gasteiger partial charge in [-0.1, -0.05) is 194 Å². The van der Waals surface area contributed by atoms with Crippen molar-refractivity contribution in [2.75, 3.05) is 59.4 Å². The minimum absolute atomic E-state index is 0.113. The van der Waals surface area contributed by atoms with Crippen molar-refractivity contribution < 1.29 is 14.4 Å². The first-order valence-electron chi connectivity index (χ1n) is 25.1. The first-order chi connectivity index (χ1) is 27.9. The van der Waals surface area contributed by atoms with Crippen LogP contribution in [0.15, 0.2) is 0 Å². The van der Waals surface area contributed by atoms with Crippen LogP contribution in [0.25, 0.3) is 0 Å². The Kier molecular flexibility index (Phi) is 44.1. The monoisotopic (exact) mass is 806 g/mol. The summed E-state index contributed by atoms with van der Waals surface area (Å²) in [5.41, 5.74) is 0. The molecular weight excluding hydrogens is 707 g/mol. The molecule has 0 saturated carbocycles. The highest BCUT2D eigenvalue weighted by molar-refractivity contribution is 5.77. The molecule has 0 aromatic heterocycles. The second kappa shape index (κ2) is 45.4. The van der Waals surface area contributed by atoms with Crippen LogP contribution in [0.1, 0.15) is 239 Å². The van der Waals surface area contributed by atoms with Crippen LogP contribution < -0.4 is 16.0 Å². The molecule has 8 heteroatoms. The number of hydrogen-bond donors (Lipinski definition) is 3. The largest absolute Gasteiger partial charge is 0.356 e. The highest BCUT2D eigenvalue weighted by Crippen LogP contribution is 2.12. The van der Waals surface area contributed by atoms with Crippen molar-refractivity contribution in [3.05, 3.63) is 0 Å². The van der Waals surface area contributed by atoms with Gasteiger partial charge in [-0.05, 0) is 45.8 Å². The Bertz CT molecular complexity index is 830. The fourth-order valence-corrected chi connectivity index (χ4v) is 7.61. The third kappa shape index (κ3) is 43.7. The number of carbonyl (C=O) groups is 3. The topological polar surface area (TPSA) is 93.8 Å². The van der Waals surface area contributed by atoms with E-state index in [-0.39, 0.29) is 17.7 Å². The van der Waals surface area contributed by atoms with Crippen molar-refractivity contribution >= 4 is 17.7 Å². The molecule has 0 aromatic carbocycles. The van der Waals surface area contributed by atoms with E-state index in [1.54, 1.807) is 0 Å².